The summed E-state index contributed by atoms with van der Waals surface area (Å²) >= 11 is 5.85. The molecule has 0 saturated carbocycles. The predicted molar refractivity (Wildman–Crippen MR) is 84.7 cm³/mol. The van der Waals surface area contributed by atoms with Gasteiger partial charge in [-0.2, -0.15) is 0 Å². The molecule has 1 aliphatic heterocycles. The number of halogens is 1. The summed E-state index contributed by atoms with van der Waals surface area (Å²) < 4.78 is 0. The van der Waals surface area contributed by atoms with Gasteiger partial charge in [-0.25, -0.2) is 4.98 Å². The van der Waals surface area contributed by atoms with Crippen LogP contribution in [0.1, 0.15) is 5.69 Å². The van der Waals surface area contributed by atoms with E-state index >= 15 is 0 Å². The van der Waals surface area contributed by atoms with Crippen LogP contribution in [-0.2, 0) is 5.88 Å². The summed E-state index contributed by atoms with van der Waals surface area (Å²) in [5.74, 6) is 1.51. The Morgan fingerprint density at radius 3 is 2.25 bits per heavy atom. The number of anilines is 2. The van der Waals surface area contributed by atoms with Gasteiger partial charge in [-0.05, 0) is 24.3 Å². The smallest absolute Gasteiger partial charge is 0.128 e. The lowest BCUT2D eigenvalue weighted by atomic mass is 10.2. The van der Waals surface area contributed by atoms with Crippen molar-refractivity contribution < 1.29 is 0 Å². The van der Waals surface area contributed by atoms with Crippen LogP contribution in [0.3, 0.4) is 0 Å². The topological polar surface area (TPSA) is 19.4 Å². The quantitative estimate of drug-likeness (QED) is 0.809. The highest BCUT2D eigenvalue weighted by Crippen LogP contribution is 2.19. The first kappa shape index (κ1) is 13.3. The minimum absolute atomic E-state index is 0.470. The number of nitrogens with zero attached hydrogens (tertiary/aromatic N) is 3. The van der Waals surface area contributed by atoms with Crippen molar-refractivity contribution in [1.29, 1.82) is 0 Å². The Bertz CT molecular complexity index is 551. The molecule has 1 fully saturated rings. The molecular formula is C16H18ClN3. The maximum Gasteiger partial charge on any atom is 0.128 e. The highest BCUT2D eigenvalue weighted by atomic mass is 35.5. The number of piperazine rings is 1. The van der Waals surface area contributed by atoms with Crippen molar-refractivity contribution in [1.82, 2.24) is 4.98 Å². The van der Waals surface area contributed by atoms with Crippen LogP contribution < -0.4 is 9.80 Å². The lowest BCUT2D eigenvalue weighted by Crippen LogP contribution is -2.46. The third-order valence-electron chi connectivity index (χ3n) is 3.65. The fourth-order valence-corrected chi connectivity index (χ4v) is 2.70. The van der Waals surface area contributed by atoms with Crippen LogP contribution >= 0.6 is 11.6 Å². The lowest BCUT2D eigenvalue weighted by Gasteiger charge is -2.36. The molecule has 0 spiro atoms. The summed E-state index contributed by atoms with van der Waals surface area (Å²) in [6, 6.07) is 16.6. The van der Waals surface area contributed by atoms with Gasteiger partial charge < -0.3 is 9.80 Å². The summed E-state index contributed by atoms with van der Waals surface area (Å²) in [5, 5.41) is 0. The van der Waals surface area contributed by atoms with E-state index in [1.54, 1.807) is 0 Å². The molecule has 1 aromatic heterocycles. The van der Waals surface area contributed by atoms with E-state index in [4.69, 9.17) is 11.6 Å². The van der Waals surface area contributed by atoms with E-state index in [-0.39, 0.29) is 0 Å². The van der Waals surface area contributed by atoms with Gasteiger partial charge in [0.1, 0.15) is 5.82 Å². The number of hydrogen-bond acceptors (Lipinski definition) is 3. The summed E-state index contributed by atoms with van der Waals surface area (Å²) in [6.45, 7) is 4.04. The number of rotatable bonds is 3. The monoisotopic (exact) mass is 287 g/mol. The van der Waals surface area contributed by atoms with Crippen LogP contribution in [-0.4, -0.2) is 31.2 Å². The van der Waals surface area contributed by atoms with E-state index in [0.717, 1.165) is 37.7 Å². The van der Waals surface area contributed by atoms with Crippen LogP contribution in [0.5, 0.6) is 0 Å². The van der Waals surface area contributed by atoms with Crippen molar-refractivity contribution in [2.24, 2.45) is 0 Å². The second-order valence-electron chi connectivity index (χ2n) is 4.93. The molecule has 104 valence electrons. The fraction of sp³-hybridized carbons (Fsp3) is 0.312. The molecule has 1 aromatic carbocycles. The molecule has 0 radical (unpaired) electrons. The molecule has 4 heteroatoms. The standard InChI is InChI=1S/C16H18ClN3/c17-13-14-5-4-8-16(18-14)20-11-9-19(10-12-20)15-6-2-1-3-7-15/h1-8H,9-13H2. The zero-order valence-electron chi connectivity index (χ0n) is 11.4. The third kappa shape index (κ3) is 2.88. The molecule has 0 bridgehead atoms. The number of benzene rings is 1. The molecule has 0 amide bonds. The Morgan fingerprint density at radius 1 is 0.850 bits per heavy atom. The van der Waals surface area contributed by atoms with E-state index in [9.17, 15) is 0 Å². The van der Waals surface area contributed by atoms with Gasteiger partial charge in [0.25, 0.3) is 0 Å². The molecule has 3 nitrogen and oxygen atoms in total. The van der Waals surface area contributed by atoms with Crippen molar-refractivity contribution in [2.75, 3.05) is 36.0 Å². The number of alkyl halides is 1. The van der Waals surface area contributed by atoms with Crippen LogP contribution in [0.2, 0.25) is 0 Å². The maximum atomic E-state index is 5.85. The lowest BCUT2D eigenvalue weighted by molar-refractivity contribution is 0.647. The zero-order valence-corrected chi connectivity index (χ0v) is 12.1. The van der Waals surface area contributed by atoms with Gasteiger partial charge in [0.2, 0.25) is 0 Å². The summed E-state index contributed by atoms with van der Waals surface area (Å²) in [5.41, 5.74) is 2.24. The van der Waals surface area contributed by atoms with Crippen molar-refractivity contribution >= 4 is 23.1 Å². The summed E-state index contributed by atoms with van der Waals surface area (Å²) in [4.78, 5) is 9.34. The average Bonchev–Trinajstić information content (AvgIpc) is 2.56. The first-order valence-corrected chi connectivity index (χ1v) is 7.47. The molecule has 0 aliphatic carbocycles. The molecular weight excluding hydrogens is 270 g/mol. The fourth-order valence-electron chi connectivity index (χ4n) is 2.55. The Hall–Kier alpha value is -1.74. The molecule has 2 heterocycles. The molecule has 0 unspecified atom stereocenters. The van der Waals surface area contributed by atoms with E-state index in [1.807, 2.05) is 12.1 Å². The summed E-state index contributed by atoms with van der Waals surface area (Å²) in [6.07, 6.45) is 0. The van der Waals surface area contributed by atoms with Gasteiger partial charge in [-0.1, -0.05) is 24.3 Å². The first-order chi connectivity index (χ1) is 9.86. The Balaban J connectivity index is 1.66. The van der Waals surface area contributed by atoms with Gasteiger partial charge in [-0.15, -0.1) is 11.6 Å². The Labute approximate surface area is 124 Å². The molecule has 1 saturated heterocycles. The molecule has 20 heavy (non-hydrogen) atoms. The molecule has 0 atom stereocenters. The highest BCUT2D eigenvalue weighted by Gasteiger charge is 2.18. The normalized spacial score (nSPS) is 15.4. The SMILES string of the molecule is ClCc1cccc(N2CCN(c3ccccc3)CC2)n1. The van der Waals surface area contributed by atoms with Crippen molar-refractivity contribution in [3.05, 3.63) is 54.2 Å². The average molecular weight is 288 g/mol. The van der Waals surface area contributed by atoms with Crippen LogP contribution in [0.4, 0.5) is 11.5 Å². The van der Waals surface area contributed by atoms with E-state index in [1.165, 1.54) is 5.69 Å². The minimum Gasteiger partial charge on any atom is -0.368 e. The largest absolute Gasteiger partial charge is 0.368 e. The molecule has 0 N–H and O–H groups in total. The number of hydrogen-bond donors (Lipinski definition) is 0. The number of para-hydroxylation sites is 1. The molecule has 3 rings (SSSR count). The second-order valence-corrected chi connectivity index (χ2v) is 5.20. The van der Waals surface area contributed by atoms with E-state index < -0.39 is 0 Å². The summed E-state index contributed by atoms with van der Waals surface area (Å²) in [7, 11) is 0. The van der Waals surface area contributed by atoms with Gasteiger partial charge in [-0.3, -0.25) is 0 Å². The predicted octanol–water partition coefficient (Wildman–Crippen LogP) is 3.15. The molecule has 2 aromatic rings. The number of aromatic nitrogens is 1. The molecule has 1 aliphatic rings. The van der Waals surface area contributed by atoms with Crippen molar-refractivity contribution in [2.45, 2.75) is 5.88 Å². The highest BCUT2D eigenvalue weighted by molar-refractivity contribution is 6.16. The van der Waals surface area contributed by atoms with Crippen LogP contribution in [0.15, 0.2) is 48.5 Å². The maximum absolute atomic E-state index is 5.85. The van der Waals surface area contributed by atoms with Crippen molar-refractivity contribution in [3.8, 4) is 0 Å². The Kier molecular flexibility index (Phi) is 4.07. The Morgan fingerprint density at radius 2 is 1.55 bits per heavy atom. The van der Waals surface area contributed by atoms with Gasteiger partial charge in [0, 0.05) is 31.9 Å². The van der Waals surface area contributed by atoms with Gasteiger partial charge >= 0.3 is 0 Å². The van der Waals surface area contributed by atoms with Crippen LogP contribution in [0, 0.1) is 0 Å². The van der Waals surface area contributed by atoms with Crippen LogP contribution in [0.25, 0.3) is 0 Å². The number of pyridine rings is 1. The van der Waals surface area contributed by atoms with E-state index in [0.29, 0.717) is 5.88 Å². The minimum atomic E-state index is 0.470. The van der Waals surface area contributed by atoms with Gasteiger partial charge in [0.15, 0.2) is 0 Å². The first-order valence-electron chi connectivity index (χ1n) is 6.93. The third-order valence-corrected chi connectivity index (χ3v) is 3.93. The van der Waals surface area contributed by atoms with Gasteiger partial charge in [0.05, 0.1) is 11.6 Å². The van der Waals surface area contributed by atoms with Crippen molar-refractivity contribution in [3.63, 3.8) is 0 Å². The van der Waals surface area contributed by atoms with E-state index in [2.05, 4.69) is 51.2 Å². The zero-order chi connectivity index (χ0) is 13.8. The second kappa shape index (κ2) is 6.14.